The van der Waals surface area contributed by atoms with Crippen molar-refractivity contribution in [1.29, 1.82) is 0 Å². The molecule has 0 radical (unpaired) electrons. The quantitative estimate of drug-likeness (QED) is 0.800. The number of aryl methyl sites for hydroxylation is 1. The number of furan rings is 1. The van der Waals surface area contributed by atoms with Crippen LogP contribution in [0.4, 0.5) is 4.39 Å². The minimum absolute atomic E-state index is 0.163. The first-order valence-corrected chi connectivity index (χ1v) is 7.15. The van der Waals surface area contributed by atoms with Crippen LogP contribution in [0, 0.1) is 5.82 Å². The van der Waals surface area contributed by atoms with Gasteiger partial charge in [0.2, 0.25) is 0 Å². The lowest BCUT2D eigenvalue weighted by Gasteiger charge is -2.05. The molecule has 4 nitrogen and oxygen atoms in total. The summed E-state index contributed by atoms with van der Waals surface area (Å²) >= 11 is 1.14. The normalized spacial score (nSPS) is 12.9. The van der Waals surface area contributed by atoms with Crippen molar-refractivity contribution in [3.63, 3.8) is 0 Å². The van der Waals surface area contributed by atoms with E-state index in [1.807, 2.05) is 6.92 Å². The molecular formula is C14H13FN2O2S. The van der Waals surface area contributed by atoms with E-state index < -0.39 is 11.9 Å². The summed E-state index contributed by atoms with van der Waals surface area (Å²) in [4.78, 5) is 0.659. The van der Waals surface area contributed by atoms with E-state index in [9.17, 15) is 9.50 Å². The maximum Gasteiger partial charge on any atom is 0.170 e. The van der Waals surface area contributed by atoms with Crippen LogP contribution in [0.5, 0.6) is 0 Å². The molecule has 0 saturated carbocycles. The molecule has 3 aromatic rings. The summed E-state index contributed by atoms with van der Waals surface area (Å²) in [6.45, 7) is 2.03. The molecular weight excluding hydrogens is 279 g/mol. The number of aromatic nitrogens is 2. The molecule has 0 amide bonds. The summed E-state index contributed by atoms with van der Waals surface area (Å²) in [6, 6.07) is 6.34. The zero-order valence-electron chi connectivity index (χ0n) is 10.8. The van der Waals surface area contributed by atoms with E-state index in [1.165, 1.54) is 6.07 Å². The van der Waals surface area contributed by atoms with Crippen LogP contribution < -0.4 is 0 Å². The second kappa shape index (κ2) is 5.30. The smallest absolute Gasteiger partial charge is 0.170 e. The molecule has 6 heteroatoms. The molecule has 2 heterocycles. The maximum absolute atomic E-state index is 13.6. The van der Waals surface area contributed by atoms with Gasteiger partial charge in [-0.25, -0.2) is 4.39 Å². The van der Waals surface area contributed by atoms with Gasteiger partial charge in [-0.3, -0.25) is 0 Å². The fourth-order valence-electron chi connectivity index (χ4n) is 2.14. The minimum atomic E-state index is -0.955. The Bertz CT molecular complexity index is 738. The summed E-state index contributed by atoms with van der Waals surface area (Å²) in [5.41, 5.74) is 0.932. The number of nitrogens with zero attached hydrogens (tertiary/aromatic N) is 2. The molecule has 1 aromatic carbocycles. The van der Waals surface area contributed by atoms with Gasteiger partial charge in [0.1, 0.15) is 11.9 Å². The monoisotopic (exact) mass is 292 g/mol. The number of halogens is 1. The van der Waals surface area contributed by atoms with Crippen molar-refractivity contribution in [3.8, 4) is 0 Å². The molecule has 0 fully saturated rings. The molecule has 20 heavy (non-hydrogen) atoms. The second-order valence-electron chi connectivity index (χ2n) is 4.54. The highest BCUT2D eigenvalue weighted by Gasteiger charge is 2.22. The van der Waals surface area contributed by atoms with Gasteiger partial charge in [-0.05, 0) is 30.1 Å². The summed E-state index contributed by atoms with van der Waals surface area (Å²) in [5.74, 6) is -0.120. The molecule has 1 unspecified atom stereocenters. The molecule has 0 saturated heterocycles. The summed E-state index contributed by atoms with van der Waals surface area (Å²) in [5, 5.41) is 15.0. The number of hydrogen-bond acceptors (Lipinski definition) is 5. The molecule has 104 valence electrons. The first kappa shape index (κ1) is 13.2. The Labute approximate surface area is 119 Å². The van der Waals surface area contributed by atoms with Gasteiger partial charge in [-0.15, -0.1) is 5.10 Å². The van der Waals surface area contributed by atoms with Crippen molar-refractivity contribution >= 4 is 22.5 Å². The van der Waals surface area contributed by atoms with Gasteiger partial charge in [-0.1, -0.05) is 30.0 Å². The molecule has 2 aromatic heterocycles. The summed E-state index contributed by atoms with van der Waals surface area (Å²) < 4.78 is 22.9. The standard InChI is InChI=1S/C14H13FN2O2S/c1-2-4-10-14(20-17-16-10)12(18)11-7-8-5-3-6-9(15)13(8)19-11/h3,5-7,12,18H,2,4H2,1H3. The van der Waals surface area contributed by atoms with Crippen LogP contribution in [0.3, 0.4) is 0 Å². The summed E-state index contributed by atoms with van der Waals surface area (Å²) in [6.07, 6.45) is 0.709. The van der Waals surface area contributed by atoms with Crippen molar-refractivity contribution in [1.82, 2.24) is 9.59 Å². The molecule has 1 N–H and O–H groups in total. The Morgan fingerprint density at radius 1 is 1.45 bits per heavy atom. The van der Waals surface area contributed by atoms with Gasteiger partial charge in [0.05, 0.1) is 10.6 Å². The molecule has 0 aliphatic heterocycles. The van der Waals surface area contributed by atoms with Gasteiger partial charge in [0.15, 0.2) is 11.4 Å². The summed E-state index contributed by atoms with van der Waals surface area (Å²) in [7, 11) is 0. The van der Waals surface area contributed by atoms with Crippen molar-refractivity contribution in [2.45, 2.75) is 25.9 Å². The highest BCUT2D eigenvalue weighted by Crippen LogP contribution is 2.32. The molecule has 0 spiro atoms. The third kappa shape index (κ3) is 2.21. The number of para-hydroxylation sites is 1. The number of hydrogen-bond donors (Lipinski definition) is 1. The number of fused-ring (bicyclic) bond motifs is 1. The van der Waals surface area contributed by atoms with Crippen molar-refractivity contribution in [3.05, 3.63) is 46.4 Å². The highest BCUT2D eigenvalue weighted by molar-refractivity contribution is 7.05. The van der Waals surface area contributed by atoms with Crippen LogP contribution in [0.15, 0.2) is 28.7 Å². The fraction of sp³-hybridized carbons (Fsp3) is 0.286. The third-order valence-corrected chi connectivity index (χ3v) is 3.92. The number of rotatable bonds is 4. The Hall–Kier alpha value is -1.79. The molecule has 1 atom stereocenters. The van der Waals surface area contributed by atoms with Crippen molar-refractivity contribution < 1.29 is 13.9 Å². The Morgan fingerprint density at radius 3 is 3.05 bits per heavy atom. The molecule has 0 bridgehead atoms. The lowest BCUT2D eigenvalue weighted by Crippen LogP contribution is -2.00. The van der Waals surface area contributed by atoms with Crippen LogP contribution in [-0.2, 0) is 6.42 Å². The van der Waals surface area contributed by atoms with Crippen molar-refractivity contribution in [2.75, 3.05) is 0 Å². The lowest BCUT2D eigenvalue weighted by molar-refractivity contribution is 0.194. The Balaban J connectivity index is 2.01. The predicted molar refractivity (Wildman–Crippen MR) is 74.1 cm³/mol. The van der Waals surface area contributed by atoms with E-state index in [0.717, 1.165) is 30.1 Å². The SMILES string of the molecule is CCCc1nnsc1C(O)c1cc2cccc(F)c2o1. The van der Waals surface area contributed by atoms with Gasteiger partial charge in [-0.2, -0.15) is 0 Å². The van der Waals surface area contributed by atoms with E-state index in [4.69, 9.17) is 4.42 Å². The highest BCUT2D eigenvalue weighted by atomic mass is 32.1. The molecule has 0 aliphatic carbocycles. The van der Waals surface area contributed by atoms with Gasteiger partial charge >= 0.3 is 0 Å². The third-order valence-electron chi connectivity index (χ3n) is 3.10. The van der Waals surface area contributed by atoms with E-state index in [2.05, 4.69) is 9.59 Å². The fourth-order valence-corrected chi connectivity index (χ4v) is 2.84. The maximum atomic E-state index is 13.6. The predicted octanol–water partition coefficient (Wildman–Crippen LogP) is 3.46. The largest absolute Gasteiger partial charge is 0.455 e. The zero-order valence-corrected chi connectivity index (χ0v) is 11.7. The first-order chi connectivity index (χ1) is 9.70. The first-order valence-electron chi connectivity index (χ1n) is 6.38. The van der Waals surface area contributed by atoms with E-state index >= 15 is 0 Å². The Kier molecular flexibility index (Phi) is 3.50. The van der Waals surface area contributed by atoms with Gasteiger partial charge < -0.3 is 9.52 Å². The average molecular weight is 292 g/mol. The molecule has 3 rings (SSSR count). The molecule has 0 aliphatic rings. The Morgan fingerprint density at radius 2 is 2.30 bits per heavy atom. The van der Waals surface area contributed by atoms with E-state index in [0.29, 0.717) is 16.0 Å². The van der Waals surface area contributed by atoms with Crippen LogP contribution in [0.1, 0.15) is 35.8 Å². The van der Waals surface area contributed by atoms with Crippen LogP contribution in [0.2, 0.25) is 0 Å². The van der Waals surface area contributed by atoms with Gasteiger partial charge in [0.25, 0.3) is 0 Å². The number of benzene rings is 1. The van der Waals surface area contributed by atoms with Crippen LogP contribution in [-0.4, -0.2) is 14.7 Å². The average Bonchev–Trinajstić information content (AvgIpc) is 3.05. The second-order valence-corrected chi connectivity index (χ2v) is 5.33. The van der Waals surface area contributed by atoms with E-state index in [1.54, 1.807) is 18.2 Å². The van der Waals surface area contributed by atoms with Crippen molar-refractivity contribution in [2.24, 2.45) is 0 Å². The van der Waals surface area contributed by atoms with Crippen LogP contribution >= 0.6 is 11.5 Å². The zero-order chi connectivity index (χ0) is 14.1. The van der Waals surface area contributed by atoms with Crippen LogP contribution in [0.25, 0.3) is 11.0 Å². The number of aliphatic hydroxyl groups is 1. The van der Waals surface area contributed by atoms with Gasteiger partial charge in [0, 0.05) is 5.39 Å². The lowest BCUT2D eigenvalue weighted by atomic mass is 10.1. The van der Waals surface area contributed by atoms with E-state index in [-0.39, 0.29) is 5.58 Å². The minimum Gasteiger partial charge on any atom is -0.455 e. The topological polar surface area (TPSA) is 59.2 Å². The number of aliphatic hydroxyl groups excluding tert-OH is 1.